The Labute approximate surface area is 183 Å². The smallest absolute Gasteiger partial charge is 0.229 e. The lowest BCUT2D eigenvalue weighted by atomic mass is 10.3. The fraction of sp³-hybridized carbons (Fsp3) is 0.300. The monoisotopic (exact) mass is 453 g/mol. The number of likely N-dealkylation sites (N-methyl/N-ethyl adjacent to an activating group) is 1. The number of para-hydroxylation sites is 1. The largest absolute Gasteiger partial charge is 0.308 e. The molecule has 0 saturated heterocycles. The highest BCUT2D eigenvalue weighted by atomic mass is 35.5. The highest BCUT2D eigenvalue weighted by molar-refractivity contribution is 7.99. The number of nitrogens with zero attached hydrogens (tertiary/aromatic N) is 3. The van der Waals surface area contributed by atoms with Crippen LogP contribution in [0.1, 0.15) is 6.42 Å². The first-order valence-electron chi connectivity index (χ1n) is 8.82. The van der Waals surface area contributed by atoms with E-state index in [1.807, 2.05) is 56.6 Å². The summed E-state index contributed by atoms with van der Waals surface area (Å²) in [5, 5.41) is 2.02. The molecule has 4 nitrogen and oxygen atoms in total. The fourth-order valence-electron chi connectivity index (χ4n) is 2.57. The van der Waals surface area contributed by atoms with Crippen LogP contribution in [0.25, 0.3) is 10.2 Å². The number of thioether (sulfide) groups is 1. The maximum atomic E-state index is 13.0. The van der Waals surface area contributed by atoms with Crippen molar-refractivity contribution in [3.8, 4) is 0 Å². The van der Waals surface area contributed by atoms with Crippen LogP contribution in [-0.2, 0) is 4.79 Å². The molecule has 0 unspecified atom stereocenters. The van der Waals surface area contributed by atoms with Crippen molar-refractivity contribution in [1.82, 2.24) is 9.88 Å². The Balaban J connectivity index is 1.71. The molecule has 1 aromatic heterocycles. The second-order valence-corrected chi connectivity index (χ2v) is 9.51. The summed E-state index contributed by atoms with van der Waals surface area (Å²) >= 11 is 15.3. The third-order valence-corrected chi connectivity index (χ3v) is 6.67. The normalized spacial score (nSPS) is 11.3. The number of halogens is 2. The summed E-state index contributed by atoms with van der Waals surface area (Å²) in [4.78, 5) is 22.5. The van der Waals surface area contributed by atoms with Crippen molar-refractivity contribution >= 4 is 67.6 Å². The Morgan fingerprint density at radius 2 is 1.86 bits per heavy atom. The van der Waals surface area contributed by atoms with Crippen LogP contribution in [0.15, 0.2) is 47.4 Å². The molecule has 3 aromatic rings. The van der Waals surface area contributed by atoms with Gasteiger partial charge in [0.05, 0.1) is 9.72 Å². The second-order valence-electron chi connectivity index (χ2n) is 6.48. The van der Waals surface area contributed by atoms with Crippen LogP contribution >= 0.6 is 46.3 Å². The number of carbonyl (C=O) groups excluding carboxylic acids is 1. The molecule has 3 rings (SSSR count). The highest BCUT2D eigenvalue weighted by Gasteiger charge is 2.20. The molecule has 1 amide bonds. The molecule has 0 spiro atoms. The third kappa shape index (κ3) is 5.61. The molecule has 0 saturated carbocycles. The Morgan fingerprint density at radius 1 is 1.11 bits per heavy atom. The molecule has 2 aromatic carbocycles. The molecule has 28 heavy (non-hydrogen) atoms. The van der Waals surface area contributed by atoms with Gasteiger partial charge in [-0.15, -0.1) is 11.8 Å². The van der Waals surface area contributed by atoms with E-state index in [0.717, 1.165) is 21.7 Å². The van der Waals surface area contributed by atoms with Gasteiger partial charge in [0.25, 0.3) is 0 Å². The Morgan fingerprint density at radius 3 is 2.54 bits per heavy atom. The fourth-order valence-corrected chi connectivity index (χ4v) is 4.84. The predicted octanol–water partition coefficient (Wildman–Crippen LogP) is 5.68. The van der Waals surface area contributed by atoms with Gasteiger partial charge in [0.15, 0.2) is 5.13 Å². The number of anilines is 1. The zero-order valence-electron chi connectivity index (χ0n) is 15.7. The maximum absolute atomic E-state index is 13.0. The van der Waals surface area contributed by atoms with Crippen LogP contribution in [-0.4, -0.2) is 48.7 Å². The minimum Gasteiger partial charge on any atom is -0.308 e. The van der Waals surface area contributed by atoms with E-state index in [1.165, 1.54) is 11.3 Å². The van der Waals surface area contributed by atoms with Gasteiger partial charge in [-0.1, -0.05) is 40.6 Å². The summed E-state index contributed by atoms with van der Waals surface area (Å²) in [6, 6.07) is 13.4. The average Bonchev–Trinajstić information content (AvgIpc) is 3.08. The predicted molar refractivity (Wildman–Crippen MR) is 122 cm³/mol. The number of hydrogen-bond acceptors (Lipinski definition) is 5. The molecule has 0 aliphatic heterocycles. The lowest BCUT2D eigenvalue weighted by Crippen LogP contribution is -2.36. The molecule has 148 valence electrons. The van der Waals surface area contributed by atoms with Crippen LogP contribution in [0, 0.1) is 0 Å². The van der Waals surface area contributed by atoms with Gasteiger partial charge in [-0.2, -0.15) is 0 Å². The number of aromatic nitrogens is 1. The van der Waals surface area contributed by atoms with Crippen LogP contribution in [0.3, 0.4) is 0 Å². The van der Waals surface area contributed by atoms with E-state index >= 15 is 0 Å². The van der Waals surface area contributed by atoms with E-state index in [9.17, 15) is 4.79 Å². The van der Waals surface area contributed by atoms with Crippen LogP contribution in [0.4, 0.5) is 5.13 Å². The number of benzene rings is 2. The van der Waals surface area contributed by atoms with Gasteiger partial charge < -0.3 is 4.90 Å². The SMILES string of the molecule is CN(C)CCN(C(=O)CCSc1ccc(Cl)cc1)c1nc2c(Cl)cccc2s1. The summed E-state index contributed by atoms with van der Waals surface area (Å²) in [5.74, 6) is 0.767. The van der Waals surface area contributed by atoms with Gasteiger partial charge in [-0.05, 0) is 50.5 Å². The van der Waals surface area contributed by atoms with Gasteiger partial charge in [-0.3, -0.25) is 9.69 Å². The quantitative estimate of drug-likeness (QED) is 0.411. The van der Waals surface area contributed by atoms with Gasteiger partial charge in [0, 0.05) is 35.2 Å². The third-order valence-electron chi connectivity index (χ3n) is 4.06. The number of rotatable bonds is 8. The van der Waals surface area contributed by atoms with E-state index in [1.54, 1.807) is 16.7 Å². The van der Waals surface area contributed by atoms with E-state index < -0.39 is 0 Å². The van der Waals surface area contributed by atoms with Crippen molar-refractivity contribution in [3.63, 3.8) is 0 Å². The minimum absolute atomic E-state index is 0.0680. The summed E-state index contributed by atoms with van der Waals surface area (Å²) in [5.41, 5.74) is 0.752. The Hall–Kier alpha value is -1.31. The standard InChI is InChI=1S/C20H21Cl2N3OS2/c1-24(2)11-12-25(20-23-19-16(22)4-3-5-17(19)28-20)18(26)10-13-27-15-8-6-14(21)7-9-15/h3-9H,10-13H2,1-2H3. The van der Waals surface area contributed by atoms with Crippen molar-refractivity contribution in [2.75, 3.05) is 37.8 Å². The molecule has 0 atom stereocenters. The second kappa shape index (κ2) is 9.94. The Kier molecular flexibility index (Phi) is 7.60. The number of thiazole rings is 1. The molecule has 0 fully saturated rings. The van der Waals surface area contributed by atoms with Gasteiger partial charge in [0.1, 0.15) is 5.52 Å². The molecule has 8 heteroatoms. The summed E-state index contributed by atoms with van der Waals surface area (Å²) in [6.45, 7) is 1.36. The number of amides is 1. The first-order valence-corrected chi connectivity index (χ1v) is 11.4. The highest BCUT2D eigenvalue weighted by Crippen LogP contribution is 2.33. The topological polar surface area (TPSA) is 36.4 Å². The van der Waals surface area contributed by atoms with Crippen molar-refractivity contribution < 1.29 is 4.79 Å². The lowest BCUT2D eigenvalue weighted by molar-refractivity contribution is -0.118. The molecule has 0 aliphatic rings. The van der Waals surface area contributed by atoms with Crippen LogP contribution in [0.2, 0.25) is 10.0 Å². The number of hydrogen-bond donors (Lipinski definition) is 0. The maximum Gasteiger partial charge on any atom is 0.229 e. The van der Waals surface area contributed by atoms with Gasteiger partial charge in [0.2, 0.25) is 5.91 Å². The zero-order chi connectivity index (χ0) is 20.1. The summed E-state index contributed by atoms with van der Waals surface area (Å²) < 4.78 is 0.987. The summed E-state index contributed by atoms with van der Waals surface area (Å²) in [7, 11) is 3.99. The van der Waals surface area contributed by atoms with Crippen LogP contribution < -0.4 is 4.90 Å². The first kappa shape index (κ1) is 21.4. The molecule has 0 bridgehead atoms. The average molecular weight is 454 g/mol. The molecule has 1 heterocycles. The van der Waals surface area contributed by atoms with Gasteiger partial charge >= 0.3 is 0 Å². The van der Waals surface area contributed by atoms with Crippen molar-refractivity contribution in [2.24, 2.45) is 0 Å². The van der Waals surface area contributed by atoms with E-state index in [-0.39, 0.29) is 5.91 Å². The van der Waals surface area contributed by atoms with Crippen LogP contribution in [0.5, 0.6) is 0 Å². The molecular weight excluding hydrogens is 433 g/mol. The molecule has 0 aliphatic carbocycles. The Bertz CT molecular complexity index is 944. The van der Waals surface area contributed by atoms with E-state index in [2.05, 4.69) is 9.88 Å². The lowest BCUT2D eigenvalue weighted by Gasteiger charge is -2.22. The number of carbonyl (C=O) groups is 1. The van der Waals surface area contributed by atoms with Crippen molar-refractivity contribution in [3.05, 3.63) is 52.5 Å². The molecular formula is C20H21Cl2N3OS2. The number of fused-ring (bicyclic) bond motifs is 1. The minimum atomic E-state index is 0.0680. The van der Waals surface area contributed by atoms with E-state index in [0.29, 0.717) is 33.9 Å². The first-order chi connectivity index (χ1) is 13.4. The van der Waals surface area contributed by atoms with E-state index in [4.69, 9.17) is 23.2 Å². The van der Waals surface area contributed by atoms with Crippen molar-refractivity contribution in [1.29, 1.82) is 0 Å². The summed E-state index contributed by atoms with van der Waals surface area (Å²) in [6.07, 6.45) is 0.435. The molecule has 0 N–H and O–H groups in total. The van der Waals surface area contributed by atoms with Gasteiger partial charge in [-0.25, -0.2) is 4.98 Å². The van der Waals surface area contributed by atoms with Crippen molar-refractivity contribution in [2.45, 2.75) is 11.3 Å². The molecule has 0 radical (unpaired) electrons. The zero-order valence-corrected chi connectivity index (χ0v) is 18.8.